The Kier molecular flexibility index (Phi) is 4.74. The fourth-order valence-corrected chi connectivity index (χ4v) is 2.35. The molecule has 15 heavy (non-hydrogen) atoms. The number of carboxylic acids is 1. The van der Waals surface area contributed by atoms with Crippen molar-refractivity contribution in [1.82, 2.24) is 4.90 Å². The zero-order valence-corrected chi connectivity index (χ0v) is 9.46. The van der Waals surface area contributed by atoms with Crippen LogP contribution in [0.15, 0.2) is 0 Å². The molecular formula is C9H15NO4S. The number of aliphatic carboxylic acids is 1. The lowest BCUT2D eigenvalue weighted by Crippen LogP contribution is -2.42. The van der Waals surface area contributed by atoms with E-state index in [1.807, 2.05) is 6.92 Å². The summed E-state index contributed by atoms with van der Waals surface area (Å²) in [6, 6.07) is -0.732. The Hall–Kier alpha value is -0.910. The molecule has 1 amide bonds. The molecule has 5 nitrogen and oxygen atoms in total. The molecule has 1 aliphatic rings. The standard InChI is InChI=1S/C9H15NO4S/c1-2-3-4-14-9(13)10-6-15-5-7(10)8(11)12/h7H,2-6H2,1H3,(H,11,12)/t7-/m0/s1. The van der Waals surface area contributed by atoms with Crippen LogP contribution in [0.2, 0.25) is 0 Å². The maximum Gasteiger partial charge on any atom is 0.411 e. The third-order valence-corrected chi connectivity index (χ3v) is 3.14. The van der Waals surface area contributed by atoms with Crippen molar-refractivity contribution < 1.29 is 19.4 Å². The van der Waals surface area contributed by atoms with Gasteiger partial charge in [0.05, 0.1) is 12.5 Å². The highest BCUT2D eigenvalue weighted by atomic mass is 32.2. The summed E-state index contributed by atoms with van der Waals surface area (Å²) in [6.07, 6.45) is 1.25. The van der Waals surface area contributed by atoms with E-state index in [9.17, 15) is 9.59 Å². The second kappa shape index (κ2) is 5.85. The Morgan fingerprint density at radius 3 is 2.93 bits per heavy atom. The molecule has 1 N–H and O–H groups in total. The molecule has 1 atom stereocenters. The molecule has 1 aliphatic heterocycles. The van der Waals surface area contributed by atoms with Crippen molar-refractivity contribution in [3.63, 3.8) is 0 Å². The zero-order chi connectivity index (χ0) is 11.3. The summed E-state index contributed by atoms with van der Waals surface area (Å²) in [5.41, 5.74) is 0. The van der Waals surface area contributed by atoms with E-state index in [0.717, 1.165) is 12.8 Å². The third kappa shape index (κ3) is 3.30. The fraction of sp³-hybridized carbons (Fsp3) is 0.778. The van der Waals surface area contributed by atoms with Gasteiger partial charge in [-0.15, -0.1) is 11.8 Å². The number of rotatable bonds is 4. The van der Waals surface area contributed by atoms with Crippen LogP contribution in [-0.4, -0.2) is 46.3 Å². The van der Waals surface area contributed by atoms with Gasteiger partial charge >= 0.3 is 12.1 Å². The van der Waals surface area contributed by atoms with Gasteiger partial charge in [0, 0.05) is 5.75 Å². The van der Waals surface area contributed by atoms with E-state index in [-0.39, 0.29) is 0 Å². The third-order valence-electron chi connectivity index (χ3n) is 2.13. The number of hydrogen-bond donors (Lipinski definition) is 1. The number of carboxylic acid groups (broad SMARTS) is 1. The highest BCUT2D eigenvalue weighted by Crippen LogP contribution is 2.21. The molecule has 1 rings (SSSR count). The molecule has 0 aromatic heterocycles. The molecule has 0 aromatic rings. The van der Waals surface area contributed by atoms with E-state index in [1.54, 1.807) is 0 Å². The topological polar surface area (TPSA) is 66.8 Å². The van der Waals surface area contributed by atoms with Crippen LogP contribution in [-0.2, 0) is 9.53 Å². The van der Waals surface area contributed by atoms with E-state index in [0.29, 0.717) is 18.2 Å². The Balaban J connectivity index is 2.40. The summed E-state index contributed by atoms with van der Waals surface area (Å²) < 4.78 is 4.96. The van der Waals surface area contributed by atoms with E-state index < -0.39 is 18.1 Å². The minimum Gasteiger partial charge on any atom is -0.480 e. The van der Waals surface area contributed by atoms with Crippen molar-refractivity contribution in [2.45, 2.75) is 25.8 Å². The van der Waals surface area contributed by atoms with Crippen LogP contribution in [0.1, 0.15) is 19.8 Å². The maximum absolute atomic E-state index is 11.5. The lowest BCUT2D eigenvalue weighted by atomic mass is 10.3. The van der Waals surface area contributed by atoms with Gasteiger partial charge in [0.1, 0.15) is 6.04 Å². The van der Waals surface area contributed by atoms with Crippen molar-refractivity contribution >= 4 is 23.8 Å². The average molecular weight is 233 g/mol. The highest BCUT2D eigenvalue weighted by Gasteiger charge is 2.35. The summed E-state index contributed by atoms with van der Waals surface area (Å²) in [5, 5.41) is 8.84. The normalized spacial score (nSPS) is 20.3. The minimum atomic E-state index is -0.965. The number of unbranched alkanes of at least 4 members (excludes halogenated alkanes) is 1. The second-order valence-electron chi connectivity index (χ2n) is 3.29. The molecule has 0 saturated carbocycles. The monoisotopic (exact) mass is 233 g/mol. The Bertz CT molecular complexity index is 246. The average Bonchev–Trinajstić information content (AvgIpc) is 2.66. The molecule has 1 fully saturated rings. The Labute approximate surface area is 92.8 Å². The van der Waals surface area contributed by atoms with Crippen LogP contribution < -0.4 is 0 Å². The number of amides is 1. The first kappa shape index (κ1) is 12.2. The molecule has 0 radical (unpaired) electrons. The van der Waals surface area contributed by atoms with E-state index in [1.165, 1.54) is 16.7 Å². The number of thioether (sulfide) groups is 1. The van der Waals surface area contributed by atoms with Gasteiger partial charge in [-0.2, -0.15) is 0 Å². The van der Waals surface area contributed by atoms with Crippen molar-refractivity contribution in [3.05, 3.63) is 0 Å². The first-order chi connectivity index (χ1) is 7.16. The number of carbonyl (C=O) groups is 2. The highest BCUT2D eigenvalue weighted by molar-refractivity contribution is 7.99. The van der Waals surface area contributed by atoms with Crippen molar-refractivity contribution in [3.8, 4) is 0 Å². The maximum atomic E-state index is 11.5. The summed E-state index contributed by atoms with van der Waals surface area (Å²) >= 11 is 1.43. The van der Waals surface area contributed by atoms with Crippen LogP contribution in [0.3, 0.4) is 0 Å². The Morgan fingerprint density at radius 2 is 2.33 bits per heavy atom. The first-order valence-corrected chi connectivity index (χ1v) is 6.06. The number of ether oxygens (including phenoxy) is 1. The first-order valence-electron chi connectivity index (χ1n) is 4.90. The molecule has 0 aliphatic carbocycles. The predicted octanol–water partition coefficient (Wildman–Crippen LogP) is 1.38. The van der Waals surface area contributed by atoms with Crippen LogP contribution in [0.5, 0.6) is 0 Å². The number of nitrogens with zero attached hydrogens (tertiary/aromatic N) is 1. The zero-order valence-electron chi connectivity index (χ0n) is 8.64. The van der Waals surface area contributed by atoms with Crippen LogP contribution >= 0.6 is 11.8 Å². The minimum absolute atomic E-state index is 0.364. The van der Waals surface area contributed by atoms with Gasteiger partial charge in [-0.3, -0.25) is 4.90 Å². The molecule has 86 valence electrons. The summed E-state index contributed by atoms with van der Waals surface area (Å²) in [5.74, 6) is -0.118. The van der Waals surface area contributed by atoms with E-state index in [4.69, 9.17) is 9.84 Å². The number of carbonyl (C=O) groups excluding carboxylic acids is 1. The smallest absolute Gasteiger partial charge is 0.411 e. The van der Waals surface area contributed by atoms with Gasteiger partial charge in [0.15, 0.2) is 0 Å². The molecular weight excluding hydrogens is 218 g/mol. The summed E-state index contributed by atoms with van der Waals surface area (Å²) in [4.78, 5) is 23.5. The van der Waals surface area contributed by atoms with Crippen LogP contribution in [0, 0.1) is 0 Å². The lowest BCUT2D eigenvalue weighted by molar-refractivity contribution is -0.141. The molecule has 0 aromatic carbocycles. The molecule has 0 unspecified atom stereocenters. The van der Waals surface area contributed by atoms with Crippen molar-refractivity contribution in [2.24, 2.45) is 0 Å². The molecule has 1 saturated heterocycles. The molecule has 6 heteroatoms. The molecule has 0 bridgehead atoms. The van der Waals surface area contributed by atoms with Crippen LogP contribution in [0.25, 0.3) is 0 Å². The largest absolute Gasteiger partial charge is 0.480 e. The van der Waals surface area contributed by atoms with E-state index >= 15 is 0 Å². The molecule has 1 heterocycles. The SMILES string of the molecule is CCCCOC(=O)N1CSC[C@H]1C(=O)O. The van der Waals surface area contributed by atoms with E-state index in [2.05, 4.69) is 0 Å². The van der Waals surface area contributed by atoms with Gasteiger partial charge in [-0.1, -0.05) is 13.3 Å². The van der Waals surface area contributed by atoms with Gasteiger partial charge in [0.25, 0.3) is 0 Å². The van der Waals surface area contributed by atoms with Gasteiger partial charge in [0.2, 0.25) is 0 Å². The fourth-order valence-electron chi connectivity index (χ4n) is 1.21. The second-order valence-corrected chi connectivity index (χ2v) is 4.29. The van der Waals surface area contributed by atoms with Crippen LogP contribution in [0.4, 0.5) is 4.79 Å². The van der Waals surface area contributed by atoms with Gasteiger partial charge in [-0.25, -0.2) is 9.59 Å². The van der Waals surface area contributed by atoms with Gasteiger partial charge < -0.3 is 9.84 Å². The number of hydrogen-bond acceptors (Lipinski definition) is 4. The van der Waals surface area contributed by atoms with Crippen molar-refractivity contribution in [2.75, 3.05) is 18.2 Å². The quantitative estimate of drug-likeness (QED) is 0.743. The molecule has 0 spiro atoms. The summed E-state index contributed by atoms with van der Waals surface area (Å²) in [7, 11) is 0. The lowest BCUT2D eigenvalue weighted by Gasteiger charge is -2.19. The predicted molar refractivity (Wildman–Crippen MR) is 56.8 cm³/mol. The van der Waals surface area contributed by atoms with Crippen molar-refractivity contribution in [1.29, 1.82) is 0 Å². The Morgan fingerprint density at radius 1 is 1.60 bits per heavy atom. The summed E-state index contributed by atoms with van der Waals surface area (Å²) in [6.45, 7) is 2.36. The van der Waals surface area contributed by atoms with Gasteiger partial charge in [-0.05, 0) is 6.42 Å².